The van der Waals surface area contributed by atoms with Gasteiger partial charge in [-0.15, -0.1) is 0 Å². The number of rotatable bonds is 16. The lowest BCUT2D eigenvalue weighted by Crippen LogP contribution is -2.52. The van der Waals surface area contributed by atoms with Crippen molar-refractivity contribution in [2.24, 2.45) is 0 Å². The summed E-state index contributed by atoms with van der Waals surface area (Å²) in [6.07, 6.45) is 21.9. The van der Waals surface area contributed by atoms with E-state index in [1.807, 2.05) is 0 Å². The molecule has 0 aliphatic rings. The zero-order valence-corrected chi connectivity index (χ0v) is 28.1. The molecule has 0 radical (unpaired) electrons. The van der Waals surface area contributed by atoms with Crippen LogP contribution in [0.4, 0.5) is 0 Å². The van der Waals surface area contributed by atoms with Crippen LogP contribution in [0.1, 0.15) is 98.6 Å². The van der Waals surface area contributed by atoms with Crippen molar-refractivity contribution in [1.29, 1.82) is 0 Å². The first-order valence-corrected chi connectivity index (χ1v) is 19.7. The average Bonchev–Trinajstić information content (AvgIpc) is 3.05. The van der Waals surface area contributed by atoms with Gasteiger partial charge in [0, 0.05) is 0 Å². The summed E-state index contributed by atoms with van der Waals surface area (Å²) < 4.78 is 0. The van der Waals surface area contributed by atoms with Crippen molar-refractivity contribution in [2.75, 3.05) is 0 Å². The molecular weight excluding hydrogens is 533 g/mol. The molecule has 0 fully saturated rings. The Balaban J connectivity index is 1.31. The lowest BCUT2D eigenvalue weighted by Gasteiger charge is -2.24. The van der Waals surface area contributed by atoms with Gasteiger partial charge in [-0.05, 0) is 59.1 Å². The first-order valence-electron chi connectivity index (χ1n) is 16.7. The monoisotopic (exact) mass is 584 g/mol. The Kier molecular flexibility index (Phi) is 12.9. The van der Waals surface area contributed by atoms with E-state index >= 15 is 0 Å². The van der Waals surface area contributed by atoms with Crippen LogP contribution in [0.2, 0.25) is 13.1 Å². The molecule has 0 aliphatic heterocycles. The molecule has 4 aromatic carbocycles. The lowest BCUT2D eigenvalue weighted by atomic mass is 10.0. The highest BCUT2D eigenvalue weighted by molar-refractivity contribution is 7.00. The third kappa shape index (κ3) is 10.4. The van der Waals surface area contributed by atoms with E-state index in [0.717, 1.165) is 0 Å². The number of benzene rings is 4. The minimum absolute atomic E-state index is 1.19. The average molecular weight is 585 g/mol. The summed E-state index contributed by atoms with van der Waals surface area (Å²) in [5.41, 5.74) is 7.93. The summed E-state index contributed by atoms with van der Waals surface area (Å²) in [4.78, 5) is 0. The molecule has 0 spiro atoms. The summed E-state index contributed by atoms with van der Waals surface area (Å²) in [7, 11) is -1.77. The molecule has 0 heterocycles. The van der Waals surface area contributed by atoms with Crippen LogP contribution in [0.25, 0.3) is 24.3 Å². The molecule has 0 nitrogen and oxygen atoms in total. The van der Waals surface area contributed by atoms with Crippen LogP contribution in [-0.2, 0) is 12.8 Å². The quantitative estimate of drug-likeness (QED) is 0.0698. The molecule has 0 saturated carbocycles. The molecule has 4 rings (SSSR count). The fourth-order valence-electron chi connectivity index (χ4n) is 5.68. The zero-order chi connectivity index (χ0) is 30.3. The van der Waals surface area contributed by atoms with E-state index < -0.39 is 8.07 Å². The number of hydrogen-bond acceptors (Lipinski definition) is 0. The van der Waals surface area contributed by atoms with Gasteiger partial charge >= 0.3 is 0 Å². The molecule has 43 heavy (non-hydrogen) atoms. The minimum atomic E-state index is -1.77. The van der Waals surface area contributed by atoms with E-state index in [1.165, 1.54) is 108 Å². The molecule has 0 atom stereocenters. The van der Waals surface area contributed by atoms with Gasteiger partial charge in [-0.3, -0.25) is 0 Å². The summed E-state index contributed by atoms with van der Waals surface area (Å²) in [6, 6.07) is 36.6. The van der Waals surface area contributed by atoms with E-state index in [0.29, 0.717) is 0 Å². The lowest BCUT2D eigenvalue weighted by molar-refractivity contribution is 0.667. The maximum absolute atomic E-state index is 2.45. The van der Waals surface area contributed by atoms with Crippen molar-refractivity contribution in [3.63, 3.8) is 0 Å². The first-order chi connectivity index (χ1) is 21.0. The Labute approximate surface area is 263 Å². The first kappa shape index (κ1) is 32.5. The Hall–Kier alpha value is -3.42. The second-order valence-electron chi connectivity index (χ2n) is 12.6. The molecule has 0 N–H and O–H groups in total. The highest BCUT2D eigenvalue weighted by Gasteiger charge is 2.25. The standard InChI is InChI=1S/C42H52Si/c1-5-7-9-11-13-35-15-19-37(20-16-35)23-25-39-27-31-41(32-28-39)43(3,4)42-33-29-40(30-34-42)26-24-38-21-17-36(18-22-38)14-12-10-8-6-2/h15-34H,5-14H2,1-4H3/b25-23+,26-24+. The van der Waals surface area contributed by atoms with Crippen molar-refractivity contribution in [1.82, 2.24) is 0 Å². The number of unbranched alkanes of at least 4 members (excludes halogenated alkanes) is 6. The topological polar surface area (TPSA) is 0 Å². The SMILES string of the molecule is CCCCCCc1ccc(/C=C/c2ccc([Si](C)(C)c3ccc(/C=C/c4ccc(CCCCCC)cc4)cc3)cc2)cc1. The summed E-state index contributed by atoms with van der Waals surface area (Å²) in [5.74, 6) is 0. The smallest absolute Gasteiger partial charge is 0.0654 e. The van der Waals surface area contributed by atoms with Gasteiger partial charge < -0.3 is 0 Å². The van der Waals surface area contributed by atoms with Crippen LogP contribution in [0.3, 0.4) is 0 Å². The van der Waals surface area contributed by atoms with E-state index in [1.54, 1.807) is 0 Å². The van der Waals surface area contributed by atoms with Crippen molar-refractivity contribution in [3.8, 4) is 0 Å². The zero-order valence-electron chi connectivity index (χ0n) is 27.1. The predicted molar refractivity (Wildman–Crippen MR) is 196 cm³/mol. The molecule has 0 unspecified atom stereocenters. The molecule has 224 valence electrons. The highest BCUT2D eigenvalue weighted by Crippen LogP contribution is 2.15. The molecule has 0 bridgehead atoms. The second-order valence-corrected chi connectivity index (χ2v) is 17.0. The maximum atomic E-state index is 2.45. The molecular formula is C42H52Si. The number of hydrogen-bond donors (Lipinski definition) is 0. The van der Waals surface area contributed by atoms with Crippen LogP contribution >= 0.6 is 0 Å². The normalized spacial score (nSPS) is 12.0. The van der Waals surface area contributed by atoms with Crippen LogP contribution in [0, 0.1) is 0 Å². The minimum Gasteiger partial charge on any atom is -0.0654 e. The van der Waals surface area contributed by atoms with E-state index in [-0.39, 0.29) is 0 Å². The van der Waals surface area contributed by atoms with Gasteiger partial charge in [-0.25, -0.2) is 0 Å². The molecule has 4 aromatic rings. The van der Waals surface area contributed by atoms with Gasteiger partial charge in [0.2, 0.25) is 0 Å². The van der Waals surface area contributed by atoms with Gasteiger partial charge in [0.1, 0.15) is 8.07 Å². The van der Waals surface area contributed by atoms with Crippen LogP contribution in [0.15, 0.2) is 97.1 Å². The van der Waals surface area contributed by atoms with E-state index in [2.05, 4.69) is 148 Å². The third-order valence-corrected chi connectivity index (χ3v) is 12.4. The fourth-order valence-corrected chi connectivity index (χ4v) is 8.01. The highest BCUT2D eigenvalue weighted by atomic mass is 28.3. The Bertz CT molecular complexity index is 1290. The molecule has 0 amide bonds. The van der Waals surface area contributed by atoms with Gasteiger partial charge in [0.05, 0.1) is 0 Å². The Morgan fingerprint density at radius 3 is 1.00 bits per heavy atom. The fraction of sp³-hybridized carbons (Fsp3) is 0.333. The van der Waals surface area contributed by atoms with Crippen molar-refractivity contribution in [2.45, 2.75) is 91.1 Å². The van der Waals surface area contributed by atoms with Crippen molar-refractivity contribution < 1.29 is 0 Å². The Morgan fingerprint density at radius 2 is 0.698 bits per heavy atom. The summed E-state index contributed by atoms with van der Waals surface area (Å²) in [5, 5.41) is 2.94. The van der Waals surface area contributed by atoms with Crippen LogP contribution in [0.5, 0.6) is 0 Å². The van der Waals surface area contributed by atoms with Gasteiger partial charge in [0.15, 0.2) is 0 Å². The second kappa shape index (κ2) is 17.0. The van der Waals surface area contributed by atoms with Crippen molar-refractivity contribution in [3.05, 3.63) is 130 Å². The summed E-state index contributed by atoms with van der Waals surface area (Å²) in [6.45, 7) is 9.45. The van der Waals surface area contributed by atoms with Crippen molar-refractivity contribution >= 4 is 42.8 Å². The molecule has 1 heteroatoms. The van der Waals surface area contributed by atoms with Crippen LogP contribution in [-0.4, -0.2) is 8.07 Å². The van der Waals surface area contributed by atoms with E-state index in [9.17, 15) is 0 Å². The predicted octanol–water partition coefficient (Wildman–Crippen LogP) is 11.1. The number of aryl methyl sites for hydroxylation is 2. The van der Waals surface area contributed by atoms with Gasteiger partial charge in [0.25, 0.3) is 0 Å². The summed E-state index contributed by atoms with van der Waals surface area (Å²) >= 11 is 0. The van der Waals surface area contributed by atoms with Crippen LogP contribution < -0.4 is 10.4 Å². The maximum Gasteiger partial charge on any atom is 0.112 e. The third-order valence-electron chi connectivity index (χ3n) is 8.80. The Morgan fingerprint density at radius 1 is 0.395 bits per heavy atom. The van der Waals surface area contributed by atoms with Gasteiger partial charge in [-0.2, -0.15) is 0 Å². The molecule has 0 aromatic heterocycles. The van der Waals surface area contributed by atoms with E-state index in [4.69, 9.17) is 0 Å². The molecule has 0 saturated heterocycles. The largest absolute Gasteiger partial charge is 0.112 e. The van der Waals surface area contributed by atoms with Gasteiger partial charge in [-0.1, -0.05) is 197 Å². The molecule has 0 aliphatic carbocycles.